The minimum atomic E-state index is 0.0222. The largest absolute Gasteiger partial charge is 0.382 e. The molecule has 1 aliphatic carbocycles. The van der Waals surface area contributed by atoms with Crippen LogP contribution in [0, 0.1) is 11.8 Å². The number of methoxy groups -OCH3 is 1. The lowest BCUT2D eigenvalue weighted by Crippen LogP contribution is -2.39. The number of hydrogen-bond donors (Lipinski definition) is 1. The van der Waals surface area contributed by atoms with Crippen molar-refractivity contribution in [1.82, 2.24) is 5.32 Å². The van der Waals surface area contributed by atoms with Crippen LogP contribution in [0.2, 0.25) is 0 Å². The lowest BCUT2D eigenvalue weighted by Gasteiger charge is -2.29. The van der Waals surface area contributed by atoms with Gasteiger partial charge in [0.25, 0.3) is 0 Å². The highest BCUT2D eigenvalue weighted by atomic mass is 16.5. The molecule has 1 fully saturated rings. The smallest absolute Gasteiger partial charge is 0.222 e. The summed E-state index contributed by atoms with van der Waals surface area (Å²) in [5.74, 6) is 0.672. The maximum Gasteiger partial charge on any atom is 0.222 e. The molecule has 1 N–H and O–H groups in total. The normalized spacial score (nSPS) is 21.0. The zero-order valence-corrected chi connectivity index (χ0v) is 15.3. The van der Waals surface area contributed by atoms with Gasteiger partial charge in [-0.25, -0.2) is 0 Å². The third kappa shape index (κ3) is 8.76. The zero-order valence-electron chi connectivity index (χ0n) is 15.3. The third-order valence-electron chi connectivity index (χ3n) is 4.34. The molecule has 6 heteroatoms. The van der Waals surface area contributed by atoms with Crippen molar-refractivity contribution in [2.45, 2.75) is 52.0 Å². The van der Waals surface area contributed by atoms with Crippen molar-refractivity contribution in [3.8, 4) is 0 Å². The second-order valence-electron chi connectivity index (χ2n) is 6.64. The van der Waals surface area contributed by atoms with Crippen molar-refractivity contribution in [2.75, 3.05) is 40.1 Å². The molecule has 140 valence electrons. The molecule has 0 aromatic rings. The summed E-state index contributed by atoms with van der Waals surface area (Å²) in [6.07, 6.45) is 3.92. The number of carbonyl (C=O) groups excluding carboxylic acids is 2. The van der Waals surface area contributed by atoms with E-state index in [9.17, 15) is 9.59 Å². The predicted octanol–water partition coefficient (Wildman–Crippen LogP) is 1.96. The maximum atomic E-state index is 12.0. The summed E-state index contributed by atoms with van der Waals surface area (Å²) in [4.78, 5) is 23.9. The molecular formula is C18H33NO5. The molecule has 0 aromatic heterocycles. The number of amides is 1. The minimum Gasteiger partial charge on any atom is -0.382 e. The van der Waals surface area contributed by atoms with E-state index in [-0.39, 0.29) is 23.8 Å². The van der Waals surface area contributed by atoms with Gasteiger partial charge in [0, 0.05) is 31.4 Å². The van der Waals surface area contributed by atoms with Crippen LogP contribution in [0.25, 0.3) is 0 Å². The Morgan fingerprint density at radius 3 is 2.12 bits per heavy atom. The standard InChI is InChI=1S/C18H33NO5/c1-14(2)18(21)15-4-6-16(7-5-15)19-17(20)8-9-23-12-13-24-11-10-22-3/h14-16H,4-13H2,1-3H3,(H,19,20)/t15-,16-. The van der Waals surface area contributed by atoms with Gasteiger partial charge in [-0.05, 0) is 25.7 Å². The van der Waals surface area contributed by atoms with Crippen LogP contribution in [0.1, 0.15) is 46.0 Å². The van der Waals surface area contributed by atoms with Crippen LogP contribution >= 0.6 is 0 Å². The van der Waals surface area contributed by atoms with Crippen LogP contribution in [-0.2, 0) is 23.8 Å². The van der Waals surface area contributed by atoms with Gasteiger partial charge in [-0.3, -0.25) is 9.59 Å². The quantitative estimate of drug-likeness (QED) is 0.548. The first-order valence-electron chi connectivity index (χ1n) is 9.02. The molecule has 6 nitrogen and oxygen atoms in total. The Labute approximate surface area is 145 Å². The Morgan fingerprint density at radius 1 is 0.958 bits per heavy atom. The highest BCUT2D eigenvalue weighted by molar-refractivity contribution is 5.83. The molecule has 1 rings (SSSR count). The average molecular weight is 343 g/mol. The summed E-state index contributed by atoms with van der Waals surface area (Å²) < 4.78 is 15.5. The van der Waals surface area contributed by atoms with Crippen LogP contribution in [0.15, 0.2) is 0 Å². The lowest BCUT2D eigenvalue weighted by atomic mass is 9.80. The molecule has 0 spiro atoms. The van der Waals surface area contributed by atoms with Gasteiger partial charge in [-0.1, -0.05) is 13.8 Å². The van der Waals surface area contributed by atoms with E-state index in [0.29, 0.717) is 45.2 Å². The molecule has 0 radical (unpaired) electrons. The van der Waals surface area contributed by atoms with Crippen molar-refractivity contribution in [3.05, 3.63) is 0 Å². The first kappa shape index (κ1) is 21.1. The van der Waals surface area contributed by atoms with Gasteiger partial charge in [0.2, 0.25) is 5.91 Å². The van der Waals surface area contributed by atoms with Crippen LogP contribution in [0.4, 0.5) is 0 Å². The molecule has 0 aliphatic heterocycles. The Hall–Kier alpha value is -0.980. The van der Waals surface area contributed by atoms with Crippen LogP contribution in [-0.4, -0.2) is 57.9 Å². The summed E-state index contributed by atoms with van der Waals surface area (Å²) in [5.41, 5.74) is 0. The Kier molecular flexibility index (Phi) is 10.9. The van der Waals surface area contributed by atoms with E-state index >= 15 is 0 Å². The SMILES string of the molecule is COCCOCCOCCC(=O)N[C@H]1CC[C@H](C(=O)C(C)C)CC1. The first-order chi connectivity index (χ1) is 11.5. The van der Waals surface area contributed by atoms with E-state index in [1.807, 2.05) is 13.8 Å². The van der Waals surface area contributed by atoms with Gasteiger partial charge in [0.15, 0.2) is 0 Å². The van der Waals surface area contributed by atoms with Gasteiger partial charge >= 0.3 is 0 Å². The van der Waals surface area contributed by atoms with Gasteiger partial charge in [-0.2, -0.15) is 0 Å². The summed E-state index contributed by atoms with van der Waals surface area (Å²) in [7, 11) is 1.63. The van der Waals surface area contributed by atoms with Crippen molar-refractivity contribution < 1.29 is 23.8 Å². The van der Waals surface area contributed by atoms with Crippen molar-refractivity contribution >= 4 is 11.7 Å². The lowest BCUT2D eigenvalue weighted by molar-refractivity contribution is -0.127. The fourth-order valence-corrected chi connectivity index (χ4v) is 2.92. The molecule has 1 amide bonds. The number of Topliss-reactive ketones (excluding diaryl/α,β-unsaturated/α-hetero) is 1. The molecular weight excluding hydrogens is 310 g/mol. The highest BCUT2D eigenvalue weighted by Crippen LogP contribution is 2.27. The monoisotopic (exact) mass is 343 g/mol. The summed E-state index contributed by atoms with van der Waals surface area (Å²) in [6.45, 7) is 6.45. The van der Waals surface area contributed by atoms with Gasteiger partial charge in [-0.15, -0.1) is 0 Å². The van der Waals surface area contributed by atoms with Gasteiger partial charge < -0.3 is 19.5 Å². The van der Waals surface area contributed by atoms with Crippen LogP contribution in [0.3, 0.4) is 0 Å². The number of ether oxygens (including phenoxy) is 3. The predicted molar refractivity (Wildman–Crippen MR) is 91.9 cm³/mol. The maximum absolute atomic E-state index is 12.0. The van der Waals surface area contributed by atoms with E-state index in [4.69, 9.17) is 14.2 Å². The second kappa shape index (κ2) is 12.4. The van der Waals surface area contributed by atoms with E-state index < -0.39 is 0 Å². The number of carbonyl (C=O) groups is 2. The number of hydrogen-bond acceptors (Lipinski definition) is 5. The minimum absolute atomic E-state index is 0.0222. The van der Waals surface area contributed by atoms with Crippen molar-refractivity contribution in [2.24, 2.45) is 11.8 Å². The summed E-state index contributed by atoms with van der Waals surface area (Å²) in [6, 6.07) is 0.200. The molecule has 0 atom stereocenters. The number of rotatable bonds is 12. The number of ketones is 1. The van der Waals surface area contributed by atoms with Crippen molar-refractivity contribution in [1.29, 1.82) is 0 Å². The molecule has 0 heterocycles. The van der Waals surface area contributed by atoms with E-state index in [2.05, 4.69) is 5.32 Å². The van der Waals surface area contributed by atoms with Gasteiger partial charge in [0.05, 0.1) is 33.0 Å². The Morgan fingerprint density at radius 2 is 1.54 bits per heavy atom. The molecule has 1 aliphatic rings. The third-order valence-corrected chi connectivity index (χ3v) is 4.34. The van der Waals surface area contributed by atoms with E-state index in [1.54, 1.807) is 7.11 Å². The van der Waals surface area contributed by atoms with Gasteiger partial charge in [0.1, 0.15) is 5.78 Å². The Balaban J connectivity index is 2.03. The molecule has 0 unspecified atom stereocenters. The zero-order chi connectivity index (χ0) is 17.8. The molecule has 0 bridgehead atoms. The Bertz CT molecular complexity index is 364. The fourth-order valence-electron chi connectivity index (χ4n) is 2.92. The van der Waals surface area contributed by atoms with E-state index in [1.165, 1.54) is 0 Å². The average Bonchev–Trinajstić information content (AvgIpc) is 2.57. The number of nitrogens with one attached hydrogen (secondary N) is 1. The first-order valence-corrected chi connectivity index (χ1v) is 9.02. The molecule has 0 saturated heterocycles. The molecule has 24 heavy (non-hydrogen) atoms. The summed E-state index contributed by atoms with van der Waals surface area (Å²) in [5, 5.41) is 3.05. The van der Waals surface area contributed by atoms with Crippen molar-refractivity contribution in [3.63, 3.8) is 0 Å². The van der Waals surface area contributed by atoms with E-state index in [0.717, 1.165) is 25.7 Å². The van der Waals surface area contributed by atoms with Crippen LogP contribution < -0.4 is 5.32 Å². The second-order valence-corrected chi connectivity index (χ2v) is 6.64. The molecule has 0 aromatic carbocycles. The molecule has 1 saturated carbocycles. The highest BCUT2D eigenvalue weighted by Gasteiger charge is 2.27. The topological polar surface area (TPSA) is 73.9 Å². The summed E-state index contributed by atoms with van der Waals surface area (Å²) >= 11 is 0. The fraction of sp³-hybridized carbons (Fsp3) is 0.889. The van der Waals surface area contributed by atoms with Crippen LogP contribution in [0.5, 0.6) is 0 Å².